The van der Waals surface area contributed by atoms with Crippen LogP contribution < -0.4 is 11.5 Å². The topological polar surface area (TPSA) is 147 Å². The Morgan fingerprint density at radius 2 is 1.64 bits per heavy atom. The first-order chi connectivity index (χ1) is 6.45. The van der Waals surface area contributed by atoms with E-state index in [0.717, 1.165) is 0 Å². The Hall–Kier alpha value is -1.18. The number of amides is 1. The number of hydrogen-bond acceptors (Lipinski definition) is 5. The Balaban J connectivity index is 0. The third-order valence-electron chi connectivity index (χ3n) is 1.12. The second-order valence-electron chi connectivity index (χ2n) is 2.40. The van der Waals surface area contributed by atoms with E-state index in [9.17, 15) is 9.59 Å². The summed E-state index contributed by atoms with van der Waals surface area (Å²) in [4.78, 5) is 20.1. The van der Waals surface area contributed by atoms with Gasteiger partial charge < -0.3 is 26.8 Å². The average Bonchev–Trinajstić information content (AvgIpc) is 2.14. The van der Waals surface area contributed by atoms with Crippen molar-refractivity contribution < 1.29 is 24.9 Å². The van der Waals surface area contributed by atoms with E-state index >= 15 is 0 Å². The highest BCUT2D eigenvalue weighted by Crippen LogP contribution is 1.92. The summed E-state index contributed by atoms with van der Waals surface area (Å²) >= 11 is 0. The lowest BCUT2D eigenvalue weighted by atomic mass is 10.2. The molecule has 0 rings (SSSR count). The molecule has 14 heavy (non-hydrogen) atoms. The number of primary amides is 1. The Kier molecular flexibility index (Phi) is 10.8. The largest absolute Gasteiger partial charge is 0.480 e. The van der Waals surface area contributed by atoms with Crippen molar-refractivity contribution in [2.24, 2.45) is 11.5 Å². The monoisotopic (exact) mass is 208 g/mol. The first kappa shape index (κ1) is 15.3. The van der Waals surface area contributed by atoms with Crippen LogP contribution >= 0.6 is 0 Å². The highest BCUT2D eigenvalue weighted by Gasteiger charge is 2.11. The van der Waals surface area contributed by atoms with Crippen molar-refractivity contribution in [3.05, 3.63) is 0 Å². The number of hydrogen-bond donors (Lipinski definition) is 5. The number of carboxylic acids is 1. The van der Waals surface area contributed by atoms with E-state index in [1.165, 1.54) is 0 Å². The van der Waals surface area contributed by atoms with Crippen LogP contribution in [0.2, 0.25) is 0 Å². The molecule has 1 unspecified atom stereocenters. The fourth-order valence-electron chi connectivity index (χ4n) is 0.421. The van der Waals surface area contributed by atoms with Crippen LogP contribution in [0.3, 0.4) is 0 Å². The second kappa shape index (κ2) is 9.90. The highest BCUT2D eigenvalue weighted by atomic mass is 16.4. The molecule has 0 saturated heterocycles. The molecule has 0 aromatic rings. The quantitative estimate of drug-likeness (QED) is 0.341. The van der Waals surface area contributed by atoms with Crippen molar-refractivity contribution in [1.29, 1.82) is 0 Å². The third kappa shape index (κ3) is 13.4. The van der Waals surface area contributed by atoms with Gasteiger partial charge in [0.05, 0.1) is 13.2 Å². The Bertz CT molecular complexity index is 171. The predicted molar refractivity (Wildman–Crippen MR) is 48.2 cm³/mol. The first-order valence-corrected chi connectivity index (χ1v) is 3.94. The van der Waals surface area contributed by atoms with Crippen molar-refractivity contribution in [3.8, 4) is 0 Å². The SMILES string of the molecule is NC(=O)CCC(N)C(=O)O.OCCO. The number of aliphatic hydroxyl groups excluding tert-OH is 2. The van der Waals surface area contributed by atoms with Gasteiger partial charge in [0, 0.05) is 6.42 Å². The van der Waals surface area contributed by atoms with E-state index in [1.54, 1.807) is 0 Å². The van der Waals surface area contributed by atoms with Gasteiger partial charge in [-0.2, -0.15) is 0 Å². The van der Waals surface area contributed by atoms with Crippen molar-refractivity contribution >= 4 is 11.9 Å². The van der Waals surface area contributed by atoms with Gasteiger partial charge in [0.2, 0.25) is 5.91 Å². The van der Waals surface area contributed by atoms with E-state index in [0.29, 0.717) is 0 Å². The summed E-state index contributed by atoms with van der Waals surface area (Å²) in [6, 6.07) is -0.979. The summed E-state index contributed by atoms with van der Waals surface area (Å²) in [5, 5.41) is 23.5. The molecular weight excluding hydrogens is 192 g/mol. The highest BCUT2D eigenvalue weighted by molar-refractivity contribution is 5.76. The molecule has 0 bridgehead atoms. The molecule has 0 spiro atoms. The molecule has 0 aromatic heterocycles. The molecule has 0 saturated carbocycles. The van der Waals surface area contributed by atoms with Crippen molar-refractivity contribution in [3.63, 3.8) is 0 Å². The van der Waals surface area contributed by atoms with E-state index in [2.05, 4.69) is 0 Å². The van der Waals surface area contributed by atoms with Crippen LogP contribution in [0.4, 0.5) is 0 Å². The lowest BCUT2D eigenvalue weighted by Crippen LogP contribution is -2.31. The molecule has 0 aromatic carbocycles. The van der Waals surface area contributed by atoms with Gasteiger partial charge >= 0.3 is 5.97 Å². The molecule has 1 atom stereocenters. The predicted octanol–water partition coefficient (Wildman–Crippen LogP) is -2.37. The van der Waals surface area contributed by atoms with Crippen LogP contribution in [0.15, 0.2) is 0 Å². The number of nitrogens with two attached hydrogens (primary N) is 2. The number of carbonyl (C=O) groups is 2. The number of aliphatic carboxylic acids is 1. The molecule has 0 fully saturated rings. The summed E-state index contributed by atoms with van der Waals surface area (Å²) in [7, 11) is 0. The number of aliphatic hydroxyl groups is 2. The number of carbonyl (C=O) groups excluding carboxylic acids is 1. The van der Waals surface area contributed by atoms with Crippen LogP contribution in [0.1, 0.15) is 12.8 Å². The fraction of sp³-hybridized carbons (Fsp3) is 0.714. The zero-order valence-corrected chi connectivity index (χ0v) is 7.72. The zero-order valence-electron chi connectivity index (χ0n) is 7.72. The summed E-state index contributed by atoms with van der Waals surface area (Å²) in [6.07, 6.45) is 0.123. The Labute approximate surface area is 81.3 Å². The third-order valence-corrected chi connectivity index (χ3v) is 1.12. The minimum absolute atomic E-state index is 0.0213. The van der Waals surface area contributed by atoms with Gasteiger partial charge in [-0.25, -0.2) is 0 Å². The molecule has 7 N–H and O–H groups in total. The fourth-order valence-corrected chi connectivity index (χ4v) is 0.421. The van der Waals surface area contributed by atoms with Gasteiger partial charge in [-0.15, -0.1) is 0 Å². The lowest BCUT2D eigenvalue weighted by molar-refractivity contribution is -0.138. The number of carboxylic acid groups (broad SMARTS) is 1. The van der Waals surface area contributed by atoms with E-state index in [1.807, 2.05) is 0 Å². The molecule has 0 aliphatic heterocycles. The van der Waals surface area contributed by atoms with E-state index in [-0.39, 0.29) is 26.1 Å². The van der Waals surface area contributed by atoms with E-state index in [4.69, 9.17) is 26.8 Å². The summed E-state index contributed by atoms with van der Waals surface area (Å²) in [5.74, 6) is -1.64. The van der Waals surface area contributed by atoms with Gasteiger partial charge in [-0.1, -0.05) is 0 Å². The minimum atomic E-state index is -1.11. The molecule has 7 nitrogen and oxygen atoms in total. The van der Waals surface area contributed by atoms with Crippen LogP contribution in [0.5, 0.6) is 0 Å². The molecule has 0 aliphatic rings. The second-order valence-corrected chi connectivity index (χ2v) is 2.40. The van der Waals surface area contributed by atoms with E-state index < -0.39 is 17.9 Å². The summed E-state index contributed by atoms with van der Waals surface area (Å²) in [5.41, 5.74) is 9.81. The molecule has 0 radical (unpaired) electrons. The maximum absolute atomic E-state index is 10.1. The summed E-state index contributed by atoms with van der Waals surface area (Å²) < 4.78 is 0. The smallest absolute Gasteiger partial charge is 0.320 e. The zero-order chi connectivity index (χ0) is 11.6. The van der Waals surface area contributed by atoms with Gasteiger partial charge in [0.15, 0.2) is 0 Å². The molecule has 0 heterocycles. The Morgan fingerprint density at radius 3 is 1.86 bits per heavy atom. The van der Waals surface area contributed by atoms with Crippen molar-refractivity contribution in [1.82, 2.24) is 0 Å². The van der Waals surface area contributed by atoms with Crippen LogP contribution in [-0.4, -0.2) is 46.5 Å². The molecule has 1 amide bonds. The standard InChI is InChI=1S/C5H10N2O3.C2H6O2/c6-3(5(9)10)1-2-4(7)8;3-1-2-4/h3H,1-2,6H2,(H2,7,8)(H,9,10);3-4H,1-2H2. The van der Waals surface area contributed by atoms with Crippen molar-refractivity contribution in [2.75, 3.05) is 13.2 Å². The van der Waals surface area contributed by atoms with Gasteiger partial charge in [-0.3, -0.25) is 9.59 Å². The van der Waals surface area contributed by atoms with Crippen molar-refractivity contribution in [2.45, 2.75) is 18.9 Å². The Morgan fingerprint density at radius 1 is 1.21 bits per heavy atom. The molecule has 0 aliphatic carbocycles. The van der Waals surface area contributed by atoms with Crippen LogP contribution in [0.25, 0.3) is 0 Å². The van der Waals surface area contributed by atoms with Gasteiger partial charge in [-0.05, 0) is 6.42 Å². The maximum Gasteiger partial charge on any atom is 0.320 e. The maximum atomic E-state index is 10.1. The normalized spacial score (nSPS) is 11.1. The molecular formula is C7H16N2O5. The summed E-state index contributed by atoms with van der Waals surface area (Å²) in [6.45, 7) is -0.250. The minimum Gasteiger partial charge on any atom is -0.480 e. The van der Waals surface area contributed by atoms with Gasteiger partial charge in [0.25, 0.3) is 0 Å². The van der Waals surface area contributed by atoms with Crippen LogP contribution in [-0.2, 0) is 9.59 Å². The molecule has 7 heteroatoms. The van der Waals surface area contributed by atoms with Crippen LogP contribution in [0, 0.1) is 0 Å². The first-order valence-electron chi connectivity index (χ1n) is 3.94. The average molecular weight is 208 g/mol. The van der Waals surface area contributed by atoms with Gasteiger partial charge in [0.1, 0.15) is 6.04 Å². The lowest BCUT2D eigenvalue weighted by Gasteiger charge is -2.01. The number of rotatable bonds is 5. The molecule has 84 valence electrons.